The topological polar surface area (TPSA) is 76.3 Å². The van der Waals surface area contributed by atoms with Crippen molar-refractivity contribution in [1.29, 1.82) is 0 Å². The lowest BCUT2D eigenvalue weighted by molar-refractivity contribution is 0.504. The second kappa shape index (κ2) is 5.04. The molecule has 0 radical (unpaired) electrons. The molecule has 1 aromatic heterocycles. The van der Waals surface area contributed by atoms with Gasteiger partial charge in [0.05, 0.1) is 22.5 Å². The van der Waals surface area contributed by atoms with Crippen LogP contribution in [0.3, 0.4) is 0 Å². The van der Waals surface area contributed by atoms with Gasteiger partial charge in [0.25, 0.3) is 10.0 Å². The van der Waals surface area contributed by atoms with E-state index in [-0.39, 0.29) is 16.3 Å². The molecule has 2 aromatic rings. The van der Waals surface area contributed by atoms with Crippen molar-refractivity contribution >= 4 is 21.4 Å². The minimum absolute atomic E-state index is 0.154. The number of hydrogen-bond acceptors (Lipinski definition) is 4. The van der Waals surface area contributed by atoms with Gasteiger partial charge < -0.3 is 5.73 Å². The molecule has 0 aliphatic heterocycles. The fourth-order valence-electron chi connectivity index (χ4n) is 1.61. The number of hydrogen-bond donors (Lipinski definition) is 1. The highest BCUT2D eigenvalue weighted by molar-refractivity contribution is 7.92. The van der Waals surface area contributed by atoms with Gasteiger partial charge in [-0.25, -0.2) is 17.2 Å². The van der Waals surface area contributed by atoms with E-state index in [0.717, 1.165) is 16.4 Å². The van der Waals surface area contributed by atoms with Crippen LogP contribution in [0.15, 0.2) is 41.6 Å². The molecule has 1 heterocycles. The van der Waals surface area contributed by atoms with E-state index in [0.29, 0.717) is 6.07 Å². The third-order valence-corrected chi connectivity index (χ3v) is 4.48. The van der Waals surface area contributed by atoms with E-state index in [1.54, 1.807) is 0 Å². The molecule has 0 aliphatic rings. The standard InChI is InChI=1S/C12H11F2N3O2S/c1-17(12-4-5-16-7-11(12)15)20(18,19)8-2-3-9(13)10(14)6-8/h2-7H,15H2,1H3. The SMILES string of the molecule is CN(c1ccncc1N)S(=O)(=O)c1ccc(F)c(F)c1. The zero-order valence-electron chi connectivity index (χ0n) is 10.4. The largest absolute Gasteiger partial charge is 0.396 e. The maximum Gasteiger partial charge on any atom is 0.264 e. The molecule has 0 spiro atoms. The number of pyridine rings is 1. The number of halogens is 2. The van der Waals surface area contributed by atoms with Crippen molar-refractivity contribution in [2.24, 2.45) is 0 Å². The molecule has 8 heteroatoms. The number of aromatic nitrogens is 1. The molecule has 0 saturated heterocycles. The summed E-state index contributed by atoms with van der Waals surface area (Å²) < 4.78 is 51.5. The Bertz CT molecular complexity index is 750. The highest BCUT2D eigenvalue weighted by Crippen LogP contribution is 2.26. The summed E-state index contributed by atoms with van der Waals surface area (Å²) in [7, 11) is -2.77. The molecule has 0 unspecified atom stereocenters. The van der Waals surface area contributed by atoms with Crippen molar-refractivity contribution in [1.82, 2.24) is 4.98 Å². The van der Waals surface area contributed by atoms with Gasteiger partial charge in [0.15, 0.2) is 11.6 Å². The predicted octanol–water partition coefficient (Wildman–Crippen LogP) is 1.77. The zero-order valence-corrected chi connectivity index (χ0v) is 11.2. The van der Waals surface area contributed by atoms with E-state index < -0.39 is 21.7 Å². The monoisotopic (exact) mass is 299 g/mol. The Hall–Kier alpha value is -2.22. The number of nitrogens with zero attached hydrogens (tertiary/aromatic N) is 2. The van der Waals surface area contributed by atoms with Crippen LogP contribution in [0, 0.1) is 11.6 Å². The Kier molecular flexibility index (Phi) is 3.58. The molecule has 1 aromatic carbocycles. The second-order valence-corrected chi connectivity index (χ2v) is 5.95. The van der Waals surface area contributed by atoms with Crippen LogP contribution in [0.1, 0.15) is 0 Å². The number of benzene rings is 1. The minimum Gasteiger partial charge on any atom is -0.396 e. The summed E-state index contributed by atoms with van der Waals surface area (Å²) >= 11 is 0. The lowest BCUT2D eigenvalue weighted by atomic mass is 10.3. The highest BCUT2D eigenvalue weighted by Gasteiger charge is 2.24. The average Bonchev–Trinajstić information content (AvgIpc) is 2.41. The second-order valence-electron chi connectivity index (χ2n) is 3.98. The maximum atomic E-state index is 13.2. The van der Waals surface area contributed by atoms with Crippen LogP contribution in [0.25, 0.3) is 0 Å². The smallest absolute Gasteiger partial charge is 0.264 e. The molecule has 0 saturated carbocycles. The minimum atomic E-state index is -4.03. The number of nitrogens with two attached hydrogens (primary N) is 1. The van der Waals surface area contributed by atoms with Gasteiger partial charge in [-0.3, -0.25) is 9.29 Å². The van der Waals surface area contributed by atoms with Crippen LogP contribution in [0.4, 0.5) is 20.2 Å². The van der Waals surface area contributed by atoms with Crippen molar-refractivity contribution in [3.63, 3.8) is 0 Å². The summed E-state index contributed by atoms with van der Waals surface area (Å²) in [5, 5.41) is 0. The molecule has 0 fully saturated rings. The molecule has 106 valence electrons. The lowest BCUT2D eigenvalue weighted by Gasteiger charge is -2.20. The lowest BCUT2D eigenvalue weighted by Crippen LogP contribution is -2.27. The Morgan fingerprint density at radius 2 is 1.90 bits per heavy atom. The first kappa shape index (κ1) is 14.2. The van der Waals surface area contributed by atoms with Gasteiger partial charge in [-0.1, -0.05) is 0 Å². The molecule has 5 nitrogen and oxygen atoms in total. The van der Waals surface area contributed by atoms with Crippen molar-refractivity contribution < 1.29 is 17.2 Å². The van der Waals surface area contributed by atoms with Crippen molar-refractivity contribution in [3.05, 3.63) is 48.3 Å². The van der Waals surface area contributed by atoms with Crippen LogP contribution in [-0.4, -0.2) is 20.4 Å². The van der Waals surface area contributed by atoms with Gasteiger partial charge in [0.1, 0.15) is 0 Å². The number of sulfonamides is 1. The normalized spacial score (nSPS) is 11.3. The van der Waals surface area contributed by atoms with E-state index in [4.69, 9.17) is 5.73 Å². The molecule has 20 heavy (non-hydrogen) atoms. The van der Waals surface area contributed by atoms with E-state index in [1.165, 1.54) is 25.5 Å². The zero-order chi connectivity index (χ0) is 14.9. The number of rotatable bonds is 3. The number of anilines is 2. The van der Waals surface area contributed by atoms with Gasteiger partial charge in [-0.15, -0.1) is 0 Å². The number of nitrogen functional groups attached to an aromatic ring is 1. The van der Waals surface area contributed by atoms with Gasteiger partial charge in [-0.05, 0) is 24.3 Å². The third-order valence-electron chi connectivity index (χ3n) is 2.72. The first-order valence-electron chi connectivity index (χ1n) is 5.47. The summed E-state index contributed by atoms with van der Waals surface area (Å²) in [6.07, 6.45) is 2.68. The summed E-state index contributed by atoms with van der Waals surface area (Å²) in [6, 6.07) is 3.78. The molecule has 2 N–H and O–H groups in total. The fraction of sp³-hybridized carbons (Fsp3) is 0.0833. The summed E-state index contributed by atoms with van der Waals surface area (Å²) in [6.45, 7) is 0. The van der Waals surface area contributed by atoms with Gasteiger partial charge >= 0.3 is 0 Å². The van der Waals surface area contributed by atoms with Crippen LogP contribution < -0.4 is 10.0 Å². The Labute approximate surface area is 114 Å². The van der Waals surface area contributed by atoms with Crippen molar-refractivity contribution in [2.75, 3.05) is 17.1 Å². The molecule has 0 aliphatic carbocycles. The van der Waals surface area contributed by atoms with Crippen molar-refractivity contribution in [2.45, 2.75) is 4.90 Å². The Morgan fingerprint density at radius 3 is 2.50 bits per heavy atom. The molecule has 0 bridgehead atoms. The van der Waals surface area contributed by atoms with Crippen molar-refractivity contribution in [3.8, 4) is 0 Å². The molecule has 0 amide bonds. The quantitative estimate of drug-likeness (QED) is 0.937. The van der Waals surface area contributed by atoms with Gasteiger partial charge in [0.2, 0.25) is 0 Å². The van der Waals surface area contributed by atoms with E-state index in [2.05, 4.69) is 4.98 Å². The first-order chi connectivity index (χ1) is 9.34. The average molecular weight is 299 g/mol. The van der Waals surface area contributed by atoms with Gasteiger partial charge in [0, 0.05) is 13.2 Å². The Morgan fingerprint density at radius 1 is 1.20 bits per heavy atom. The third kappa shape index (κ3) is 2.42. The van der Waals surface area contributed by atoms with E-state index in [1.807, 2.05) is 0 Å². The summed E-state index contributed by atoms with van der Waals surface area (Å²) in [4.78, 5) is 3.39. The molecule has 2 rings (SSSR count). The van der Waals surface area contributed by atoms with E-state index in [9.17, 15) is 17.2 Å². The maximum absolute atomic E-state index is 13.2. The van der Waals surface area contributed by atoms with Crippen LogP contribution in [0.2, 0.25) is 0 Å². The van der Waals surface area contributed by atoms with E-state index >= 15 is 0 Å². The first-order valence-corrected chi connectivity index (χ1v) is 6.91. The molecular weight excluding hydrogens is 288 g/mol. The summed E-state index contributed by atoms with van der Waals surface area (Å²) in [5.41, 5.74) is 6.00. The van der Waals surface area contributed by atoms with Crippen LogP contribution >= 0.6 is 0 Å². The van der Waals surface area contributed by atoms with Gasteiger partial charge in [-0.2, -0.15) is 0 Å². The summed E-state index contributed by atoms with van der Waals surface area (Å²) in [5.74, 6) is -2.35. The molecule has 0 atom stereocenters. The predicted molar refractivity (Wildman–Crippen MR) is 70.6 cm³/mol. The van der Waals surface area contributed by atoms with Crippen LogP contribution in [-0.2, 0) is 10.0 Å². The Balaban J connectivity index is 2.50. The van der Waals surface area contributed by atoms with Crippen LogP contribution in [0.5, 0.6) is 0 Å². The fourth-order valence-corrected chi connectivity index (χ4v) is 2.84. The highest BCUT2D eigenvalue weighted by atomic mass is 32.2. The molecular formula is C12H11F2N3O2S.